The average Bonchev–Trinajstić information content (AvgIpc) is 2.82. The van der Waals surface area contributed by atoms with Crippen molar-refractivity contribution in [2.45, 2.75) is 6.04 Å². The molecule has 6 nitrogen and oxygen atoms in total. The number of halogens is 2. The molecule has 1 aliphatic rings. The van der Waals surface area contributed by atoms with E-state index < -0.39 is 5.82 Å². The first-order chi connectivity index (χ1) is 15.1. The minimum Gasteiger partial charge on any atom is -0.497 e. The summed E-state index contributed by atoms with van der Waals surface area (Å²) in [7, 11) is 1.64. The lowest BCUT2D eigenvalue weighted by Crippen LogP contribution is -2.41. The molecule has 31 heavy (non-hydrogen) atoms. The summed E-state index contributed by atoms with van der Waals surface area (Å²) in [6.07, 6.45) is 1.38. The van der Waals surface area contributed by atoms with E-state index in [1.807, 2.05) is 24.3 Å². The van der Waals surface area contributed by atoms with E-state index in [1.165, 1.54) is 18.3 Å². The van der Waals surface area contributed by atoms with Crippen molar-refractivity contribution < 1.29 is 13.9 Å². The summed E-state index contributed by atoms with van der Waals surface area (Å²) in [6, 6.07) is 12.8. The number of rotatable bonds is 6. The predicted octanol–water partition coefficient (Wildman–Crippen LogP) is 4.39. The highest BCUT2D eigenvalue weighted by Gasteiger charge is 2.24. The van der Waals surface area contributed by atoms with Gasteiger partial charge >= 0.3 is 0 Å². The Bertz CT molecular complexity index is 1110. The summed E-state index contributed by atoms with van der Waals surface area (Å²) in [6.45, 7) is 3.38. The first-order valence-corrected chi connectivity index (χ1v) is 10.4. The number of pyridine rings is 1. The molecule has 4 rings (SSSR count). The fourth-order valence-electron chi connectivity index (χ4n) is 3.87. The zero-order valence-electron chi connectivity index (χ0n) is 17.1. The van der Waals surface area contributed by atoms with Gasteiger partial charge in [0.25, 0.3) is 0 Å². The molecule has 0 saturated carbocycles. The Morgan fingerprint density at radius 3 is 2.68 bits per heavy atom. The topological polar surface area (TPSA) is 70.4 Å². The van der Waals surface area contributed by atoms with E-state index in [2.05, 4.69) is 21.3 Å². The highest BCUT2D eigenvalue weighted by Crippen LogP contribution is 2.34. The van der Waals surface area contributed by atoms with Gasteiger partial charge < -0.3 is 14.8 Å². The molecular formula is C23H22ClFN4O2. The number of anilines is 1. The van der Waals surface area contributed by atoms with Crippen LogP contribution in [0.2, 0.25) is 5.02 Å². The first-order valence-electron chi connectivity index (χ1n) is 9.98. The minimum absolute atomic E-state index is 0.0110. The van der Waals surface area contributed by atoms with E-state index in [0.29, 0.717) is 41.4 Å². The van der Waals surface area contributed by atoms with Crippen molar-refractivity contribution in [3.05, 3.63) is 64.6 Å². The fourth-order valence-corrected chi connectivity index (χ4v) is 4.12. The molecule has 160 valence electrons. The molecule has 2 aromatic carbocycles. The quantitative estimate of drug-likeness (QED) is 0.613. The number of nitriles is 1. The summed E-state index contributed by atoms with van der Waals surface area (Å²) in [5.74, 6) is 0.304. The molecule has 1 unspecified atom stereocenters. The van der Waals surface area contributed by atoms with Gasteiger partial charge in [-0.15, -0.1) is 0 Å². The van der Waals surface area contributed by atoms with Crippen molar-refractivity contribution in [2.75, 3.05) is 45.3 Å². The van der Waals surface area contributed by atoms with Crippen molar-refractivity contribution in [3.8, 4) is 11.8 Å². The highest BCUT2D eigenvalue weighted by atomic mass is 35.5. The normalized spacial score (nSPS) is 15.4. The molecule has 1 aromatic heterocycles. The van der Waals surface area contributed by atoms with Crippen LogP contribution >= 0.6 is 11.6 Å². The summed E-state index contributed by atoms with van der Waals surface area (Å²) in [5, 5.41) is 13.7. The summed E-state index contributed by atoms with van der Waals surface area (Å²) < 4.78 is 25.1. The number of morpholine rings is 1. The van der Waals surface area contributed by atoms with Crippen LogP contribution in [0, 0.1) is 17.1 Å². The van der Waals surface area contributed by atoms with Crippen molar-refractivity contribution in [1.82, 2.24) is 9.88 Å². The van der Waals surface area contributed by atoms with Crippen LogP contribution in [0.4, 0.5) is 10.1 Å². The van der Waals surface area contributed by atoms with Gasteiger partial charge in [0, 0.05) is 31.2 Å². The number of aromatic nitrogens is 1. The average molecular weight is 441 g/mol. The van der Waals surface area contributed by atoms with Crippen molar-refractivity contribution in [3.63, 3.8) is 0 Å². The molecule has 0 aliphatic carbocycles. The summed E-state index contributed by atoms with van der Waals surface area (Å²) >= 11 is 6.38. The zero-order valence-corrected chi connectivity index (χ0v) is 17.8. The number of fused-ring (bicyclic) bond motifs is 1. The molecule has 8 heteroatoms. The monoisotopic (exact) mass is 440 g/mol. The van der Waals surface area contributed by atoms with E-state index in [0.717, 1.165) is 24.4 Å². The Balaban J connectivity index is 1.70. The molecule has 3 aromatic rings. The number of nitrogens with zero attached hydrogens (tertiary/aromatic N) is 3. The van der Waals surface area contributed by atoms with E-state index in [4.69, 9.17) is 21.1 Å². The maximum atomic E-state index is 14.3. The highest BCUT2D eigenvalue weighted by molar-refractivity contribution is 6.36. The molecule has 0 spiro atoms. The van der Waals surface area contributed by atoms with Gasteiger partial charge in [-0.25, -0.2) is 4.39 Å². The number of nitrogens with one attached hydrogen (secondary N) is 1. The molecule has 1 N–H and O–H groups in total. The number of ether oxygens (including phenoxy) is 2. The maximum absolute atomic E-state index is 14.3. The molecule has 0 bridgehead atoms. The van der Waals surface area contributed by atoms with E-state index in [1.54, 1.807) is 7.11 Å². The minimum atomic E-state index is -0.480. The largest absolute Gasteiger partial charge is 0.497 e. The third kappa shape index (κ3) is 4.42. The molecule has 1 fully saturated rings. The molecule has 0 amide bonds. The SMILES string of the molecule is COc1ccc(C(CNc2c(C#N)cnc3c(F)ccc(Cl)c23)N2CCOCC2)cc1. The zero-order chi connectivity index (χ0) is 21.8. The van der Waals surface area contributed by atoms with Crippen LogP contribution in [0.15, 0.2) is 42.6 Å². The smallest absolute Gasteiger partial charge is 0.149 e. The lowest BCUT2D eigenvalue weighted by Gasteiger charge is -2.35. The summed E-state index contributed by atoms with van der Waals surface area (Å²) in [4.78, 5) is 6.43. The Morgan fingerprint density at radius 2 is 2.00 bits per heavy atom. The van der Waals surface area contributed by atoms with Crippen LogP contribution in [0.5, 0.6) is 5.75 Å². The lowest BCUT2D eigenvalue weighted by molar-refractivity contribution is 0.0187. The van der Waals surface area contributed by atoms with Crippen LogP contribution in [0.1, 0.15) is 17.2 Å². The van der Waals surface area contributed by atoms with Crippen LogP contribution in [-0.2, 0) is 4.74 Å². The van der Waals surface area contributed by atoms with Gasteiger partial charge in [0.15, 0.2) is 0 Å². The second-order valence-corrected chi connectivity index (χ2v) is 7.64. The Morgan fingerprint density at radius 1 is 1.26 bits per heavy atom. The predicted molar refractivity (Wildman–Crippen MR) is 118 cm³/mol. The number of hydrogen-bond acceptors (Lipinski definition) is 6. The number of hydrogen-bond donors (Lipinski definition) is 1. The number of benzene rings is 2. The fraction of sp³-hybridized carbons (Fsp3) is 0.304. The summed E-state index contributed by atoms with van der Waals surface area (Å²) in [5.41, 5.74) is 2.05. The van der Waals surface area contributed by atoms with Crippen LogP contribution in [-0.4, -0.2) is 49.8 Å². The van der Waals surface area contributed by atoms with Crippen LogP contribution in [0.25, 0.3) is 10.9 Å². The van der Waals surface area contributed by atoms with E-state index in [-0.39, 0.29) is 11.6 Å². The second-order valence-electron chi connectivity index (χ2n) is 7.23. The maximum Gasteiger partial charge on any atom is 0.149 e. The molecule has 0 radical (unpaired) electrons. The lowest BCUT2D eigenvalue weighted by atomic mass is 10.0. The number of methoxy groups -OCH3 is 1. The van der Waals surface area contributed by atoms with Gasteiger partial charge in [-0.3, -0.25) is 9.88 Å². The van der Waals surface area contributed by atoms with Gasteiger partial charge in [0.2, 0.25) is 0 Å². The van der Waals surface area contributed by atoms with Gasteiger partial charge in [0.05, 0.1) is 42.6 Å². The third-order valence-corrected chi connectivity index (χ3v) is 5.81. The Kier molecular flexibility index (Phi) is 6.52. The van der Waals surface area contributed by atoms with E-state index in [9.17, 15) is 9.65 Å². The molecule has 1 atom stereocenters. The molecule has 2 heterocycles. The van der Waals surface area contributed by atoms with Crippen molar-refractivity contribution >= 4 is 28.2 Å². The second kappa shape index (κ2) is 9.48. The molecule has 1 saturated heterocycles. The molecular weight excluding hydrogens is 419 g/mol. The van der Waals surface area contributed by atoms with Crippen molar-refractivity contribution in [2.24, 2.45) is 0 Å². The van der Waals surface area contributed by atoms with Gasteiger partial charge in [-0.2, -0.15) is 5.26 Å². The Labute approximate surface area is 185 Å². The van der Waals surface area contributed by atoms with E-state index >= 15 is 0 Å². The van der Waals surface area contributed by atoms with Crippen molar-refractivity contribution in [1.29, 1.82) is 5.26 Å². The van der Waals surface area contributed by atoms with Gasteiger partial charge in [-0.1, -0.05) is 23.7 Å². The van der Waals surface area contributed by atoms with Gasteiger partial charge in [-0.05, 0) is 29.8 Å². The standard InChI is InChI=1S/C23H22ClFN4O2/c1-30-17-4-2-15(3-5-17)20(29-8-10-31-11-9-29)14-28-22-16(12-26)13-27-23-19(25)7-6-18(24)21(22)23/h2-7,13,20H,8-11,14H2,1H3,(H,27,28). The van der Waals surface area contributed by atoms with Crippen LogP contribution < -0.4 is 10.1 Å². The molecule has 1 aliphatic heterocycles. The van der Waals surface area contributed by atoms with Gasteiger partial charge in [0.1, 0.15) is 23.2 Å². The van der Waals surface area contributed by atoms with Crippen LogP contribution in [0.3, 0.4) is 0 Å². The Hall–Kier alpha value is -2.92. The third-order valence-electron chi connectivity index (χ3n) is 5.50. The first kappa shape index (κ1) is 21.3.